The van der Waals surface area contributed by atoms with Gasteiger partial charge >= 0.3 is 11.9 Å². The fourth-order valence-corrected chi connectivity index (χ4v) is 8.27. The maximum atomic E-state index is 12.9. The van der Waals surface area contributed by atoms with Gasteiger partial charge in [-0.25, -0.2) is 9.97 Å². The molecule has 0 radical (unpaired) electrons. The number of rotatable bonds is 46. The Morgan fingerprint density at radius 3 is 1.40 bits per heavy atom. The van der Waals surface area contributed by atoms with E-state index in [2.05, 4.69) is 47.9 Å². The van der Waals surface area contributed by atoms with Crippen LogP contribution in [0.4, 0.5) is 5.82 Å². The number of unbranched alkanes of at least 4 members (excludes halogenated alkanes) is 23. The Labute approximate surface area is 381 Å². The summed E-state index contributed by atoms with van der Waals surface area (Å²) in [5.41, 5.74) is 5.61. The Bertz CT molecular complexity index is 1190. The van der Waals surface area contributed by atoms with E-state index in [0.29, 0.717) is 18.7 Å². The van der Waals surface area contributed by atoms with Gasteiger partial charge < -0.3 is 25.4 Å². The van der Waals surface area contributed by atoms with Gasteiger partial charge in [0.15, 0.2) is 0 Å². The molecule has 0 aliphatic carbocycles. The number of carbonyl (C=O) groups excluding carboxylic acids is 3. The lowest BCUT2D eigenvalue weighted by molar-refractivity contribution is -0.150. The fraction of sp³-hybridized carbons (Fsp3) is 0.865. The van der Waals surface area contributed by atoms with Crippen molar-refractivity contribution in [3.05, 3.63) is 18.1 Å². The molecule has 0 bridgehead atoms. The first kappa shape index (κ1) is 57.3. The van der Waals surface area contributed by atoms with Crippen molar-refractivity contribution in [2.24, 2.45) is 5.73 Å². The molecule has 1 atom stereocenters. The summed E-state index contributed by atoms with van der Waals surface area (Å²) in [5.74, 6) is 0.0315. The highest BCUT2D eigenvalue weighted by Gasteiger charge is 2.15. The number of nitrogens with two attached hydrogens (primary N) is 1. The summed E-state index contributed by atoms with van der Waals surface area (Å²) in [6.07, 6.45) is 41.1. The number of primary amides is 1. The van der Waals surface area contributed by atoms with Crippen molar-refractivity contribution in [3.8, 4) is 0 Å². The molecular formula is C52H97N5O5. The van der Waals surface area contributed by atoms with Crippen LogP contribution in [0.5, 0.6) is 0 Å². The minimum Gasteiger partial charge on any atom is -0.462 e. The highest BCUT2D eigenvalue weighted by Crippen LogP contribution is 2.19. The third-order valence-corrected chi connectivity index (χ3v) is 12.3. The van der Waals surface area contributed by atoms with Gasteiger partial charge in [-0.1, -0.05) is 163 Å². The quantitative estimate of drug-likeness (QED) is 0.0484. The van der Waals surface area contributed by atoms with Crippen molar-refractivity contribution in [2.45, 2.75) is 265 Å². The Hall–Kier alpha value is -2.75. The van der Waals surface area contributed by atoms with Crippen molar-refractivity contribution < 1.29 is 23.9 Å². The van der Waals surface area contributed by atoms with Crippen molar-refractivity contribution in [3.63, 3.8) is 0 Å². The molecule has 1 unspecified atom stereocenters. The molecule has 0 fully saturated rings. The van der Waals surface area contributed by atoms with E-state index in [1.165, 1.54) is 115 Å². The summed E-state index contributed by atoms with van der Waals surface area (Å²) in [7, 11) is 0. The lowest BCUT2D eigenvalue weighted by Crippen LogP contribution is -2.28. The molecule has 62 heavy (non-hydrogen) atoms. The predicted octanol–water partition coefficient (Wildman–Crippen LogP) is 13.8. The second kappa shape index (κ2) is 42.2. The topological polar surface area (TPSA) is 137 Å². The Kier molecular flexibility index (Phi) is 39.0. The normalized spacial score (nSPS) is 12.0. The van der Waals surface area contributed by atoms with Crippen molar-refractivity contribution in [2.75, 3.05) is 31.5 Å². The molecule has 3 N–H and O–H groups in total. The van der Waals surface area contributed by atoms with Crippen molar-refractivity contribution in [1.82, 2.24) is 14.9 Å². The van der Waals surface area contributed by atoms with Crippen LogP contribution in [-0.4, -0.2) is 71.1 Å². The molecule has 1 rings (SSSR count). The summed E-state index contributed by atoms with van der Waals surface area (Å²) in [6.45, 7) is 12.7. The van der Waals surface area contributed by atoms with Crippen LogP contribution in [0.3, 0.4) is 0 Å². The molecule has 0 aliphatic heterocycles. The van der Waals surface area contributed by atoms with Crippen molar-refractivity contribution >= 4 is 23.7 Å². The molecule has 0 aliphatic rings. The van der Waals surface area contributed by atoms with E-state index in [-0.39, 0.29) is 29.8 Å². The summed E-state index contributed by atoms with van der Waals surface area (Å²) >= 11 is 0. The first-order chi connectivity index (χ1) is 30.3. The van der Waals surface area contributed by atoms with E-state index >= 15 is 0 Å². The summed E-state index contributed by atoms with van der Waals surface area (Å²) in [4.78, 5) is 47.7. The predicted molar refractivity (Wildman–Crippen MR) is 260 cm³/mol. The molecule has 1 aromatic rings. The van der Waals surface area contributed by atoms with E-state index in [1.54, 1.807) is 6.07 Å². The van der Waals surface area contributed by atoms with E-state index in [9.17, 15) is 14.4 Å². The van der Waals surface area contributed by atoms with Gasteiger partial charge in [0.05, 0.1) is 0 Å². The maximum Gasteiger partial charge on any atom is 0.306 e. The van der Waals surface area contributed by atoms with E-state index in [4.69, 9.17) is 15.2 Å². The lowest BCUT2D eigenvalue weighted by atomic mass is 10.0. The number of anilines is 1. The third kappa shape index (κ3) is 34.7. The van der Waals surface area contributed by atoms with Gasteiger partial charge in [0.2, 0.25) is 0 Å². The van der Waals surface area contributed by atoms with Gasteiger partial charge in [-0.3, -0.25) is 14.4 Å². The zero-order valence-corrected chi connectivity index (χ0v) is 40.8. The second-order valence-electron chi connectivity index (χ2n) is 18.1. The van der Waals surface area contributed by atoms with Gasteiger partial charge in [-0.05, 0) is 96.7 Å². The molecule has 10 heteroatoms. The van der Waals surface area contributed by atoms with Crippen LogP contribution >= 0.6 is 0 Å². The number of aromatic nitrogens is 2. The smallest absolute Gasteiger partial charge is 0.306 e. The fourth-order valence-electron chi connectivity index (χ4n) is 8.27. The van der Waals surface area contributed by atoms with Crippen LogP contribution in [-0.2, 0) is 19.1 Å². The van der Waals surface area contributed by atoms with E-state index in [0.717, 1.165) is 129 Å². The highest BCUT2D eigenvalue weighted by molar-refractivity contribution is 5.91. The van der Waals surface area contributed by atoms with Crippen LogP contribution in [0.1, 0.15) is 263 Å². The Morgan fingerprint density at radius 1 is 0.532 bits per heavy atom. The summed E-state index contributed by atoms with van der Waals surface area (Å²) in [5, 5.41) is 3.32. The van der Waals surface area contributed by atoms with Crippen LogP contribution < -0.4 is 11.1 Å². The average Bonchev–Trinajstić information content (AvgIpc) is 3.27. The van der Waals surface area contributed by atoms with Gasteiger partial charge in [-0.15, -0.1) is 0 Å². The number of amides is 1. The number of nitrogens with zero attached hydrogens (tertiary/aromatic N) is 3. The Morgan fingerprint density at radius 2 is 0.935 bits per heavy atom. The van der Waals surface area contributed by atoms with Gasteiger partial charge in [0.25, 0.3) is 5.91 Å². The molecule has 360 valence electrons. The van der Waals surface area contributed by atoms with Gasteiger partial charge in [0.1, 0.15) is 30.0 Å². The minimum atomic E-state index is -0.559. The number of hydrogen-bond donors (Lipinski definition) is 2. The Balaban J connectivity index is 2.43. The number of nitrogens with one attached hydrogen (secondary N) is 1. The highest BCUT2D eigenvalue weighted by atomic mass is 16.5. The zero-order valence-electron chi connectivity index (χ0n) is 40.8. The largest absolute Gasteiger partial charge is 0.462 e. The monoisotopic (exact) mass is 872 g/mol. The minimum absolute atomic E-state index is 0.00318. The molecule has 0 saturated carbocycles. The maximum absolute atomic E-state index is 12.9. The molecule has 1 aromatic heterocycles. The second-order valence-corrected chi connectivity index (χ2v) is 18.1. The van der Waals surface area contributed by atoms with Crippen LogP contribution in [0.25, 0.3) is 0 Å². The number of carbonyl (C=O) groups is 3. The summed E-state index contributed by atoms with van der Waals surface area (Å²) < 4.78 is 11.9. The average molecular weight is 872 g/mol. The molecule has 0 aromatic carbocycles. The third-order valence-electron chi connectivity index (χ3n) is 12.3. The standard InChI is InChI=1S/C52H97N5O5/c1-5-9-12-15-20-27-35-46(8-4)61-50(58)38-30-23-18-25-32-41-57(43-34-40-54-49-44-48(52(53)60)55-45-56-49)42-33-26-19-24-31-39-51(59)62-47(36-28-21-16-13-10-6-2)37-29-22-17-14-11-7-3/h44-47H,5-43H2,1-4H3,(H2,53,60)(H,54,55,56). The zero-order chi connectivity index (χ0) is 45.1. The first-order valence-corrected chi connectivity index (χ1v) is 26.3. The molecule has 1 amide bonds. The number of esters is 2. The summed E-state index contributed by atoms with van der Waals surface area (Å²) in [6, 6.07) is 1.60. The molecular weight excluding hydrogens is 775 g/mol. The SMILES string of the molecule is CCCCCCCCC(CC)OC(=O)CCCCCCCN(CCCCCCCC(=O)OC(CCCCCCCC)CCCCCCCC)CCCNc1cc(C(N)=O)ncn1. The number of hydrogen-bond acceptors (Lipinski definition) is 9. The van der Waals surface area contributed by atoms with Crippen LogP contribution in [0, 0.1) is 0 Å². The lowest BCUT2D eigenvalue weighted by Gasteiger charge is -2.22. The molecule has 1 heterocycles. The van der Waals surface area contributed by atoms with Crippen molar-refractivity contribution in [1.29, 1.82) is 0 Å². The van der Waals surface area contributed by atoms with Gasteiger partial charge in [0, 0.05) is 25.5 Å². The van der Waals surface area contributed by atoms with Crippen LogP contribution in [0.2, 0.25) is 0 Å². The molecule has 0 saturated heterocycles. The van der Waals surface area contributed by atoms with Gasteiger partial charge in [-0.2, -0.15) is 0 Å². The van der Waals surface area contributed by atoms with E-state index < -0.39 is 5.91 Å². The first-order valence-electron chi connectivity index (χ1n) is 26.3. The van der Waals surface area contributed by atoms with Crippen LogP contribution in [0.15, 0.2) is 12.4 Å². The molecule has 10 nitrogen and oxygen atoms in total. The number of ether oxygens (including phenoxy) is 2. The van der Waals surface area contributed by atoms with E-state index in [1.807, 2.05) is 0 Å². The molecule has 0 spiro atoms.